The number of hydrogen-bond acceptors (Lipinski definition) is 3. The molecule has 0 fully saturated rings. The molecule has 0 aliphatic rings. The van der Waals surface area contributed by atoms with Gasteiger partial charge in [-0.05, 0) is 38.8 Å². The summed E-state index contributed by atoms with van der Waals surface area (Å²) in [6, 6.07) is 3.97. The molecule has 2 aromatic rings. The summed E-state index contributed by atoms with van der Waals surface area (Å²) in [6.07, 6.45) is 5.57. The van der Waals surface area contributed by atoms with Crippen molar-refractivity contribution in [2.75, 3.05) is 0 Å². The number of pyridine rings is 1. The third-order valence-corrected chi connectivity index (χ3v) is 3.15. The molecule has 0 amide bonds. The molecule has 2 rings (SSSR count). The van der Waals surface area contributed by atoms with E-state index in [0.717, 1.165) is 12.2 Å². The molecule has 4 nitrogen and oxygen atoms in total. The largest absolute Gasteiger partial charge is 0.308 e. The maximum Gasteiger partial charge on any atom is 0.0679 e. The van der Waals surface area contributed by atoms with E-state index in [-0.39, 0.29) is 5.54 Å². The molecule has 1 N–H and O–H groups in total. The van der Waals surface area contributed by atoms with Crippen molar-refractivity contribution in [1.82, 2.24) is 20.1 Å². The van der Waals surface area contributed by atoms with Gasteiger partial charge < -0.3 is 5.32 Å². The molecule has 20 heavy (non-hydrogen) atoms. The van der Waals surface area contributed by atoms with E-state index in [1.165, 1.54) is 11.3 Å². The molecule has 0 aliphatic heterocycles. The minimum atomic E-state index is 0.104. The highest BCUT2D eigenvalue weighted by atomic mass is 15.3. The quantitative estimate of drug-likeness (QED) is 0.928. The van der Waals surface area contributed by atoms with Gasteiger partial charge >= 0.3 is 0 Å². The second-order valence-electron chi connectivity index (χ2n) is 6.43. The average molecular weight is 272 g/mol. The smallest absolute Gasteiger partial charge is 0.0679 e. The molecular formula is C16H24N4. The van der Waals surface area contributed by atoms with Crippen LogP contribution in [0, 0.1) is 0 Å². The highest BCUT2D eigenvalue weighted by molar-refractivity contribution is 5.34. The molecule has 0 spiro atoms. The Labute approximate surface area is 121 Å². The predicted molar refractivity (Wildman–Crippen MR) is 82.0 cm³/mol. The SMILES string of the molecule is CC(C)c1c(CNC(C)(C)C)cnn1-c1ccncc1. The lowest BCUT2D eigenvalue weighted by Crippen LogP contribution is -2.35. The van der Waals surface area contributed by atoms with E-state index >= 15 is 0 Å². The second kappa shape index (κ2) is 5.75. The molecular weight excluding hydrogens is 248 g/mol. The van der Waals surface area contributed by atoms with Crippen LogP contribution in [0.15, 0.2) is 30.7 Å². The van der Waals surface area contributed by atoms with Crippen LogP contribution >= 0.6 is 0 Å². The van der Waals surface area contributed by atoms with Crippen molar-refractivity contribution >= 4 is 0 Å². The molecule has 0 aliphatic carbocycles. The van der Waals surface area contributed by atoms with Gasteiger partial charge in [0.15, 0.2) is 0 Å². The fourth-order valence-electron chi connectivity index (χ4n) is 2.19. The van der Waals surface area contributed by atoms with E-state index in [9.17, 15) is 0 Å². The van der Waals surface area contributed by atoms with Gasteiger partial charge in [-0.25, -0.2) is 4.68 Å². The molecule has 0 aromatic carbocycles. The molecule has 0 saturated heterocycles. The van der Waals surface area contributed by atoms with Gasteiger partial charge in [-0.3, -0.25) is 4.98 Å². The summed E-state index contributed by atoms with van der Waals surface area (Å²) in [5.74, 6) is 0.419. The van der Waals surface area contributed by atoms with Crippen LogP contribution in [-0.4, -0.2) is 20.3 Å². The summed E-state index contributed by atoms with van der Waals surface area (Å²) >= 11 is 0. The van der Waals surface area contributed by atoms with Crippen molar-refractivity contribution in [1.29, 1.82) is 0 Å². The van der Waals surface area contributed by atoms with Crippen LogP contribution in [0.5, 0.6) is 0 Å². The summed E-state index contributed by atoms with van der Waals surface area (Å²) < 4.78 is 2.02. The van der Waals surface area contributed by atoms with E-state index in [1.807, 2.05) is 23.0 Å². The molecule has 2 aromatic heterocycles. The number of aromatic nitrogens is 3. The van der Waals surface area contributed by atoms with Crippen molar-refractivity contribution in [3.8, 4) is 5.69 Å². The van der Waals surface area contributed by atoms with Gasteiger partial charge in [0.2, 0.25) is 0 Å². The Hall–Kier alpha value is -1.68. The lowest BCUT2D eigenvalue weighted by molar-refractivity contribution is 0.423. The number of rotatable bonds is 4. The highest BCUT2D eigenvalue weighted by Crippen LogP contribution is 2.23. The van der Waals surface area contributed by atoms with Crippen LogP contribution in [0.1, 0.15) is 51.8 Å². The van der Waals surface area contributed by atoms with Crippen LogP contribution in [0.4, 0.5) is 0 Å². The van der Waals surface area contributed by atoms with Gasteiger partial charge in [-0.2, -0.15) is 5.10 Å². The molecule has 4 heteroatoms. The Morgan fingerprint density at radius 1 is 1.20 bits per heavy atom. The zero-order chi connectivity index (χ0) is 14.8. The second-order valence-corrected chi connectivity index (χ2v) is 6.43. The van der Waals surface area contributed by atoms with E-state index < -0.39 is 0 Å². The summed E-state index contributed by atoms with van der Waals surface area (Å²) in [7, 11) is 0. The van der Waals surface area contributed by atoms with Crippen LogP contribution in [-0.2, 0) is 6.54 Å². The van der Waals surface area contributed by atoms with E-state index in [0.29, 0.717) is 5.92 Å². The normalized spacial score (nSPS) is 12.1. The lowest BCUT2D eigenvalue weighted by Gasteiger charge is -2.21. The molecule has 0 atom stereocenters. The van der Waals surface area contributed by atoms with Crippen molar-refractivity contribution in [3.63, 3.8) is 0 Å². The van der Waals surface area contributed by atoms with Gasteiger partial charge in [-0.1, -0.05) is 13.8 Å². The monoisotopic (exact) mass is 272 g/mol. The minimum absolute atomic E-state index is 0.104. The summed E-state index contributed by atoms with van der Waals surface area (Å²) in [6.45, 7) is 11.8. The van der Waals surface area contributed by atoms with Gasteiger partial charge in [0.25, 0.3) is 0 Å². The standard InChI is InChI=1S/C16H24N4/c1-12(2)15-13(10-18-16(3,4)5)11-19-20(15)14-6-8-17-9-7-14/h6-9,11-12,18H,10H2,1-5H3. The van der Waals surface area contributed by atoms with Crippen LogP contribution in [0.3, 0.4) is 0 Å². The van der Waals surface area contributed by atoms with Gasteiger partial charge in [0.05, 0.1) is 17.6 Å². The lowest BCUT2D eigenvalue weighted by atomic mass is 10.0. The molecule has 0 unspecified atom stereocenters. The Balaban J connectivity index is 2.34. The third-order valence-electron chi connectivity index (χ3n) is 3.15. The van der Waals surface area contributed by atoms with Crippen LogP contribution < -0.4 is 5.32 Å². The first-order chi connectivity index (χ1) is 9.38. The van der Waals surface area contributed by atoms with Gasteiger partial charge in [0.1, 0.15) is 0 Å². The van der Waals surface area contributed by atoms with Gasteiger partial charge in [-0.15, -0.1) is 0 Å². The fourth-order valence-corrected chi connectivity index (χ4v) is 2.19. The molecule has 2 heterocycles. The highest BCUT2D eigenvalue weighted by Gasteiger charge is 2.17. The average Bonchev–Trinajstić information content (AvgIpc) is 2.80. The first-order valence-corrected chi connectivity index (χ1v) is 7.10. The van der Waals surface area contributed by atoms with Crippen molar-refractivity contribution < 1.29 is 0 Å². The maximum absolute atomic E-state index is 4.56. The third kappa shape index (κ3) is 3.45. The van der Waals surface area contributed by atoms with Crippen LogP contribution in [0.2, 0.25) is 0 Å². The Bertz CT molecular complexity index is 550. The Morgan fingerprint density at radius 2 is 1.85 bits per heavy atom. The summed E-state index contributed by atoms with van der Waals surface area (Å²) in [5.41, 5.74) is 3.68. The summed E-state index contributed by atoms with van der Waals surface area (Å²) in [4.78, 5) is 4.07. The van der Waals surface area contributed by atoms with E-state index in [4.69, 9.17) is 0 Å². The topological polar surface area (TPSA) is 42.7 Å². The maximum atomic E-state index is 4.56. The molecule has 108 valence electrons. The van der Waals surface area contributed by atoms with Gasteiger partial charge in [0, 0.05) is 30.0 Å². The Morgan fingerprint density at radius 3 is 2.40 bits per heavy atom. The summed E-state index contributed by atoms with van der Waals surface area (Å²) in [5, 5.41) is 8.09. The number of hydrogen-bond donors (Lipinski definition) is 1. The first-order valence-electron chi connectivity index (χ1n) is 7.10. The van der Waals surface area contributed by atoms with Crippen molar-refractivity contribution in [3.05, 3.63) is 42.0 Å². The number of nitrogens with zero attached hydrogens (tertiary/aromatic N) is 3. The molecule has 0 radical (unpaired) electrons. The number of nitrogens with one attached hydrogen (secondary N) is 1. The predicted octanol–water partition coefficient (Wildman–Crippen LogP) is 3.28. The van der Waals surface area contributed by atoms with E-state index in [2.05, 4.69) is 50.0 Å². The van der Waals surface area contributed by atoms with E-state index in [1.54, 1.807) is 12.4 Å². The zero-order valence-electron chi connectivity index (χ0n) is 13.0. The fraction of sp³-hybridized carbons (Fsp3) is 0.500. The minimum Gasteiger partial charge on any atom is -0.308 e. The zero-order valence-corrected chi connectivity index (χ0v) is 13.0. The molecule has 0 saturated carbocycles. The van der Waals surface area contributed by atoms with Crippen molar-refractivity contribution in [2.45, 2.75) is 52.6 Å². The van der Waals surface area contributed by atoms with Crippen molar-refractivity contribution in [2.24, 2.45) is 0 Å². The first kappa shape index (κ1) is 14.7. The Kier molecular flexibility index (Phi) is 4.23. The molecule has 0 bridgehead atoms. The van der Waals surface area contributed by atoms with Crippen LogP contribution in [0.25, 0.3) is 5.69 Å².